The normalized spacial score (nSPS) is 13.8. The number of benzene rings is 1. The minimum absolute atomic E-state index is 0.0825. The number of nitrogens with zero attached hydrogens (tertiary/aromatic N) is 2. The van der Waals surface area contributed by atoms with Crippen LogP contribution in [0.4, 0.5) is 0 Å². The molecule has 0 unspecified atom stereocenters. The van der Waals surface area contributed by atoms with Crippen molar-refractivity contribution in [2.75, 3.05) is 0 Å². The van der Waals surface area contributed by atoms with Crippen molar-refractivity contribution in [2.45, 2.75) is 38.7 Å². The van der Waals surface area contributed by atoms with Gasteiger partial charge >= 0.3 is 5.97 Å². The van der Waals surface area contributed by atoms with Crippen LogP contribution < -0.4 is 0 Å². The summed E-state index contributed by atoms with van der Waals surface area (Å²) in [6.45, 7) is 0.0825. The van der Waals surface area contributed by atoms with Crippen LogP contribution in [-0.2, 0) is 24.2 Å². The highest BCUT2D eigenvalue weighted by Crippen LogP contribution is 2.30. The fraction of sp³-hybridized carbons (Fsp3) is 0.261. The Kier molecular flexibility index (Phi) is 4.86. The van der Waals surface area contributed by atoms with Crippen molar-refractivity contribution in [3.05, 3.63) is 70.6 Å². The second-order valence-corrected chi connectivity index (χ2v) is 8.13. The minimum atomic E-state index is -0.317. The van der Waals surface area contributed by atoms with Gasteiger partial charge in [0.2, 0.25) is 5.89 Å². The molecular formula is C23H20N2O3S. The predicted octanol–water partition coefficient (Wildman–Crippen LogP) is 5.58. The molecule has 0 atom stereocenters. The van der Waals surface area contributed by atoms with E-state index in [-0.39, 0.29) is 12.6 Å². The van der Waals surface area contributed by atoms with Crippen molar-refractivity contribution < 1.29 is 13.9 Å². The van der Waals surface area contributed by atoms with E-state index in [1.54, 1.807) is 17.6 Å². The fourth-order valence-corrected chi connectivity index (χ4v) is 4.54. The van der Waals surface area contributed by atoms with E-state index >= 15 is 0 Å². The molecule has 0 amide bonds. The number of oxazole rings is 1. The first-order chi connectivity index (χ1) is 14.3. The van der Waals surface area contributed by atoms with Gasteiger partial charge < -0.3 is 9.15 Å². The number of carbonyl (C=O) groups excluding carboxylic acids is 1. The van der Waals surface area contributed by atoms with Gasteiger partial charge in [0, 0.05) is 11.1 Å². The van der Waals surface area contributed by atoms with E-state index in [0.717, 1.165) is 59.1 Å². The van der Waals surface area contributed by atoms with Crippen LogP contribution in [0.5, 0.6) is 0 Å². The fourth-order valence-electron chi connectivity index (χ4n) is 3.88. The van der Waals surface area contributed by atoms with Crippen LogP contribution in [0.3, 0.4) is 0 Å². The number of ether oxygens (including phenoxy) is 1. The van der Waals surface area contributed by atoms with Crippen LogP contribution >= 0.6 is 11.3 Å². The summed E-state index contributed by atoms with van der Waals surface area (Å²) in [6.07, 6.45) is 6.66. The molecule has 0 N–H and O–H groups in total. The third-order valence-electron chi connectivity index (χ3n) is 5.26. The van der Waals surface area contributed by atoms with E-state index in [1.165, 1.54) is 0 Å². The number of hydrogen-bond donors (Lipinski definition) is 0. The van der Waals surface area contributed by atoms with E-state index in [4.69, 9.17) is 14.1 Å². The summed E-state index contributed by atoms with van der Waals surface area (Å²) in [5.41, 5.74) is 4.20. The van der Waals surface area contributed by atoms with Gasteiger partial charge in [-0.2, -0.15) is 0 Å². The molecule has 0 radical (unpaired) electrons. The molecule has 3 aromatic heterocycles. The Morgan fingerprint density at radius 2 is 1.97 bits per heavy atom. The van der Waals surface area contributed by atoms with Crippen molar-refractivity contribution in [2.24, 2.45) is 0 Å². The lowest BCUT2D eigenvalue weighted by Crippen LogP contribution is -2.12. The average Bonchev–Trinajstić information content (AvgIpc) is 3.38. The number of pyridine rings is 1. The van der Waals surface area contributed by atoms with Crippen LogP contribution in [0, 0.1) is 0 Å². The number of esters is 1. The highest BCUT2D eigenvalue weighted by atomic mass is 32.1. The van der Waals surface area contributed by atoms with E-state index in [9.17, 15) is 4.79 Å². The lowest BCUT2D eigenvalue weighted by molar-refractivity contribution is 0.0468. The molecule has 0 spiro atoms. The minimum Gasteiger partial charge on any atom is -0.455 e. The van der Waals surface area contributed by atoms with Gasteiger partial charge in [0.25, 0.3) is 0 Å². The molecule has 0 saturated carbocycles. The molecule has 0 saturated heterocycles. The van der Waals surface area contributed by atoms with Gasteiger partial charge in [-0.3, -0.25) is 4.98 Å². The summed E-state index contributed by atoms with van der Waals surface area (Å²) < 4.78 is 11.2. The smallest absolute Gasteiger partial charge is 0.339 e. The number of thiophene rings is 1. The summed E-state index contributed by atoms with van der Waals surface area (Å²) in [7, 11) is 0. The van der Waals surface area contributed by atoms with Crippen LogP contribution in [0.25, 0.3) is 21.7 Å². The number of rotatable bonds is 4. The maximum absolute atomic E-state index is 13.1. The topological polar surface area (TPSA) is 65.2 Å². The van der Waals surface area contributed by atoms with E-state index < -0.39 is 0 Å². The van der Waals surface area contributed by atoms with Crippen molar-refractivity contribution in [3.63, 3.8) is 0 Å². The number of para-hydroxylation sites is 1. The zero-order valence-electron chi connectivity index (χ0n) is 15.9. The van der Waals surface area contributed by atoms with Crippen LogP contribution in [0.2, 0.25) is 0 Å². The van der Waals surface area contributed by atoms with Gasteiger partial charge in [0.05, 0.1) is 16.0 Å². The molecule has 0 fully saturated rings. The Balaban J connectivity index is 1.44. The number of aryl methyl sites for hydroxylation is 1. The third kappa shape index (κ3) is 3.56. The first kappa shape index (κ1) is 18.1. The highest BCUT2D eigenvalue weighted by molar-refractivity contribution is 7.13. The Morgan fingerprint density at radius 1 is 1.07 bits per heavy atom. The molecule has 6 heteroatoms. The van der Waals surface area contributed by atoms with Crippen molar-refractivity contribution >= 4 is 28.2 Å². The largest absolute Gasteiger partial charge is 0.455 e. The molecule has 3 heterocycles. The van der Waals surface area contributed by atoms with Crippen LogP contribution in [0.15, 0.2) is 52.5 Å². The number of aromatic nitrogens is 2. The third-order valence-corrected chi connectivity index (χ3v) is 6.12. The number of carbonyl (C=O) groups is 1. The Morgan fingerprint density at radius 3 is 2.86 bits per heavy atom. The Bertz CT molecular complexity index is 1160. The monoisotopic (exact) mass is 404 g/mol. The summed E-state index contributed by atoms with van der Waals surface area (Å²) in [5, 5.41) is 2.83. The zero-order valence-corrected chi connectivity index (χ0v) is 16.7. The molecule has 5 nitrogen and oxygen atoms in total. The highest BCUT2D eigenvalue weighted by Gasteiger charge is 2.23. The van der Waals surface area contributed by atoms with Gasteiger partial charge in [0.15, 0.2) is 0 Å². The van der Waals surface area contributed by atoms with Gasteiger partial charge in [-0.05, 0) is 48.8 Å². The second kappa shape index (κ2) is 7.79. The Hall–Kier alpha value is -2.99. The standard InChI is InChI=1S/C23H20N2O3S/c26-23(28-14-15-13-27-22(24-15)20-11-6-12-29-20)21-16-7-2-1-3-9-18(16)25-19-10-5-4-8-17(19)21/h4-6,8,10-13H,1-3,7,9,14H2. The quantitative estimate of drug-likeness (QED) is 0.328. The molecule has 1 aliphatic rings. The maximum Gasteiger partial charge on any atom is 0.339 e. The first-order valence-corrected chi connectivity index (χ1v) is 10.7. The predicted molar refractivity (Wildman–Crippen MR) is 112 cm³/mol. The summed E-state index contributed by atoms with van der Waals surface area (Å²) in [5.74, 6) is 0.233. The average molecular weight is 404 g/mol. The SMILES string of the molecule is O=C(OCc1coc(-c2cccs2)n1)c1c2c(nc3ccccc13)CCCCC2. The number of hydrogen-bond acceptors (Lipinski definition) is 6. The first-order valence-electron chi connectivity index (χ1n) is 9.85. The molecule has 1 aromatic carbocycles. The lowest BCUT2D eigenvalue weighted by Gasteiger charge is -2.14. The molecule has 29 heavy (non-hydrogen) atoms. The Labute approximate surface area is 172 Å². The van der Waals surface area contributed by atoms with Gasteiger partial charge in [-0.25, -0.2) is 9.78 Å². The van der Waals surface area contributed by atoms with Gasteiger partial charge in [-0.15, -0.1) is 11.3 Å². The lowest BCUT2D eigenvalue weighted by atomic mass is 9.97. The summed E-state index contributed by atoms with van der Waals surface area (Å²) in [4.78, 5) is 23.4. The van der Waals surface area contributed by atoms with E-state index in [1.807, 2.05) is 41.8 Å². The van der Waals surface area contributed by atoms with Gasteiger partial charge in [-0.1, -0.05) is 30.7 Å². The van der Waals surface area contributed by atoms with E-state index in [0.29, 0.717) is 17.1 Å². The molecule has 1 aliphatic carbocycles. The molecule has 0 aliphatic heterocycles. The molecule has 0 bridgehead atoms. The maximum atomic E-state index is 13.1. The van der Waals surface area contributed by atoms with Crippen molar-refractivity contribution in [1.29, 1.82) is 0 Å². The van der Waals surface area contributed by atoms with Crippen molar-refractivity contribution in [1.82, 2.24) is 9.97 Å². The summed E-state index contributed by atoms with van der Waals surface area (Å²) in [6, 6.07) is 11.7. The van der Waals surface area contributed by atoms with Crippen LogP contribution in [0.1, 0.15) is 46.6 Å². The molecule has 4 aromatic rings. The summed E-state index contributed by atoms with van der Waals surface area (Å²) >= 11 is 1.56. The number of fused-ring (bicyclic) bond motifs is 2. The second-order valence-electron chi connectivity index (χ2n) is 7.19. The molecule has 5 rings (SSSR count). The van der Waals surface area contributed by atoms with E-state index in [2.05, 4.69) is 4.98 Å². The zero-order chi connectivity index (χ0) is 19.6. The molecular weight excluding hydrogens is 384 g/mol. The van der Waals surface area contributed by atoms with Gasteiger partial charge in [0.1, 0.15) is 18.6 Å². The molecule has 146 valence electrons. The van der Waals surface area contributed by atoms with Crippen molar-refractivity contribution in [3.8, 4) is 10.8 Å². The van der Waals surface area contributed by atoms with Crippen LogP contribution in [-0.4, -0.2) is 15.9 Å².